The molecule has 1 aromatic rings. The van der Waals surface area contributed by atoms with E-state index in [1.807, 2.05) is 26.2 Å². The summed E-state index contributed by atoms with van der Waals surface area (Å²) in [6, 6.07) is 6.11. The number of carboxylic acid groups (broad SMARTS) is 1. The van der Waals surface area contributed by atoms with Crippen LogP contribution in [-0.2, 0) is 17.6 Å². The lowest BCUT2D eigenvalue weighted by molar-refractivity contribution is -0.145. The first-order valence-corrected chi connectivity index (χ1v) is 7.63. The van der Waals surface area contributed by atoms with E-state index < -0.39 is 11.5 Å². The molecule has 1 unspecified atom stereocenters. The van der Waals surface area contributed by atoms with Crippen molar-refractivity contribution >= 4 is 21.9 Å². The molecule has 1 aliphatic carbocycles. The van der Waals surface area contributed by atoms with Crippen LogP contribution in [-0.4, -0.2) is 48.7 Å². The maximum absolute atomic E-state index is 11.7. The molecule has 1 aliphatic rings. The van der Waals surface area contributed by atoms with Gasteiger partial charge in [0.2, 0.25) is 0 Å². The second kappa shape index (κ2) is 6.24. The van der Waals surface area contributed by atoms with Gasteiger partial charge in [0, 0.05) is 24.0 Å². The molecule has 0 aliphatic heterocycles. The summed E-state index contributed by atoms with van der Waals surface area (Å²) in [5.41, 5.74) is 1.57. The van der Waals surface area contributed by atoms with Gasteiger partial charge in [-0.25, -0.2) is 0 Å². The van der Waals surface area contributed by atoms with Crippen molar-refractivity contribution in [1.82, 2.24) is 10.2 Å². The standard InChI is InChI=1S/C15H21BrN2O2/c1-18(2)8-7-17-15(14(19)20)6-5-11-9-13(16)4-3-12(11)10-15/h3-4,9,17H,5-8,10H2,1-2H3,(H,19,20). The number of aliphatic carboxylic acids is 1. The zero-order valence-electron chi connectivity index (χ0n) is 11.9. The van der Waals surface area contributed by atoms with Crippen LogP contribution >= 0.6 is 15.9 Å². The second-order valence-electron chi connectivity index (χ2n) is 5.71. The van der Waals surface area contributed by atoms with E-state index in [2.05, 4.69) is 32.2 Å². The first-order valence-electron chi connectivity index (χ1n) is 6.83. The second-order valence-corrected chi connectivity index (χ2v) is 6.62. The van der Waals surface area contributed by atoms with E-state index in [0.29, 0.717) is 19.4 Å². The Balaban J connectivity index is 2.15. The van der Waals surface area contributed by atoms with E-state index in [1.165, 1.54) is 5.56 Å². The van der Waals surface area contributed by atoms with Crippen LogP contribution in [0, 0.1) is 0 Å². The number of hydrogen-bond acceptors (Lipinski definition) is 3. The Morgan fingerprint density at radius 3 is 2.85 bits per heavy atom. The van der Waals surface area contributed by atoms with Crippen LogP contribution in [0.1, 0.15) is 17.5 Å². The van der Waals surface area contributed by atoms with Crippen molar-refractivity contribution in [3.63, 3.8) is 0 Å². The summed E-state index contributed by atoms with van der Waals surface area (Å²) < 4.78 is 1.06. The number of likely N-dealkylation sites (N-methyl/N-ethyl adjacent to an activating group) is 1. The molecule has 0 heterocycles. The normalized spacial score (nSPS) is 21.8. The molecule has 0 saturated carbocycles. The monoisotopic (exact) mass is 340 g/mol. The van der Waals surface area contributed by atoms with Crippen molar-refractivity contribution in [1.29, 1.82) is 0 Å². The molecule has 0 bridgehead atoms. The van der Waals surface area contributed by atoms with Gasteiger partial charge in [0.15, 0.2) is 0 Å². The van der Waals surface area contributed by atoms with Crippen molar-refractivity contribution in [2.75, 3.05) is 27.2 Å². The Bertz CT molecular complexity index is 505. The van der Waals surface area contributed by atoms with Gasteiger partial charge in [0.25, 0.3) is 0 Å². The smallest absolute Gasteiger partial charge is 0.324 e. The Hall–Kier alpha value is -0.910. The molecule has 0 saturated heterocycles. The highest BCUT2D eigenvalue weighted by atomic mass is 79.9. The molecule has 0 spiro atoms. The molecule has 1 aromatic carbocycles. The topological polar surface area (TPSA) is 52.6 Å². The first kappa shape index (κ1) is 15.5. The summed E-state index contributed by atoms with van der Waals surface area (Å²) in [6.45, 7) is 1.52. The third-order valence-electron chi connectivity index (χ3n) is 3.91. The number of carboxylic acids is 1. The molecule has 5 heteroatoms. The summed E-state index contributed by atoms with van der Waals surface area (Å²) in [4.78, 5) is 13.8. The van der Waals surface area contributed by atoms with E-state index >= 15 is 0 Å². The number of halogens is 1. The molecule has 4 nitrogen and oxygen atoms in total. The van der Waals surface area contributed by atoms with Gasteiger partial charge >= 0.3 is 5.97 Å². The van der Waals surface area contributed by atoms with Crippen LogP contribution in [0.3, 0.4) is 0 Å². The third-order valence-corrected chi connectivity index (χ3v) is 4.41. The SMILES string of the molecule is CN(C)CCNC1(C(=O)O)CCc2cc(Br)ccc2C1. The molecule has 110 valence electrons. The molecule has 20 heavy (non-hydrogen) atoms. The fourth-order valence-electron chi connectivity index (χ4n) is 2.69. The average molecular weight is 341 g/mol. The van der Waals surface area contributed by atoms with Gasteiger partial charge in [-0.1, -0.05) is 22.0 Å². The molecule has 0 aromatic heterocycles. The molecular weight excluding hydrogens is 320 g/mol. The zero-order valence-corrected chi connectivity index (χ0v) is 13.5. The Morgan fingerprint density at radius 1 is 1.45 bits per heavy atom. The predicted molar refractivity (Wildman–Crippen MR) is 83.1 cm³/mol. The number of rotatable bonds is 5. The molecule has 2 rings (SSSR count). The van der Waals surface area contributed by atoms with Gasteiger partial charge in [0.1, 0.15) is 5.54 Å². The fourth-order valence-corrected chi connectivity index (χ4v) is 3.10. The lowest BCUT2D eigenvalue weighted by Crippen LogP contribution is -2.57. The van der Waals surface area contributed by atoms with E-state index in [4.69, 9.17) is 0 Å². The third kappa shape index (κ3) is 3.40. The van der Waals surface area contributed by atoms with Crippen molar-refractivity contribution in [3.05, 3.63) is 33.8 Å². The minimum Gasteiger partial charge on any atom is -0.480 e. The maximum atomic E-state index is 11.7. The summed E-state index contributed by atoms with van der Waals surface area (Å²) in [6.07, 6.45) is 1.99. The number of benzene rings is 1. The number of carbonyl (C=O) groups is 1. The average Bonchev–Trinajstić information content (AvgIpc) is 2.38. The van der Waals surface area contributed by atoms with E-state index in [9.17, 15) is 9.90 Å². The Labute approximate surface area is 128 Å². The fraction of sp³-hybridized carbons (Fsp3) is 0.533. The Kier molecular flexibility index (Phi) is 4.83. The lowest BCUT2D eigenvalue weighted by Gasteiger charge is -2.36. The van der Waals surface area contributed by atoms with Gasteiger partial charge in [0.05, 0.1) is 0 Å². The molecule has 2 N–H and O–H groups in total. The van der Waals surface area contributed by atoms with Crippen LogP contribution in [0.5, 0.6) is 0 Å². The van der Waals surface area contributed by atoms with E-state index in [-0.39, 0.29) is 0 Å². The number of hydrogen-bond donors (Lipinski definition) is 2. The molecule has 0 fully saturated rings. The largest absolute Gasteiger partial charge is 0.480 e. The minimum atomic E-state index is -0.823. The van der Waals surface area contributed by atoms with Gasteiger partial charge < -0.3 is 15.3 Å². The van der Waals surface area contributed by atoms with E-state index in [1.54, 1.807) is 0 Å². The minimum absolute atomic E-state index is 0.554. The van der Waals surface area contributed by atoms with E-state index in [0.717, 1.165) is 23.0 Å². The predicted octanol–water partition coefficient (Wildman–Crippen LogP) is 1.91. The van der Waals surface area contributed by atoms with Crippen molar-refractivity contribution in [2.45, 2.75) is 24.8 Å². The molecule has 1 atom stereocenters. The highest BCUT2D eigenvalue weighted by molar-refractivity contribution is 9.10. The van der Waals surface area contributed by atoms with Crippen LogP contribution < -0.4 is 5.32 Å². The molecule has 0 amide bonds. The van der Waals surface area contributed by atoms with Crippen LogP contribution in [0.2, 0.25) is 0 Å². The van der Waals surface area contributed by atoms with Crippen molar-refractivity contribution in [3.8, 4) is 0 Å². The Morgan fingerprint density at radius 2 is 2.20 bits per heavy atom. The number of fused-ring (bicyclic) bond motifs is 1. The quantitative estimate of drug-likeness (QED) is 0.859. The highest BCUT2D eigenvalue weighted by Gasteiger charge is 2.40. The van der Waals surface area contributed by atoms with Crippen LogP contribution in [0.25, 0.3) is 0 Å². The summed E-state index contributed by atoms with van der Waals surface area (Å²) in [5, 5.41) is 12.9. The number of nitrogens with one attached hydrogen (secondary N) is 1. The van der Waals surface area contributed by atoms with Crippen molar-refractivity contribution < 1.29 is 9.90 Å². The molecular formula is C15H21BrN2O2. The van der Waals surface area contributed by atoms with Gasteiger partial charge in [-0.3, -0.25) is 4.79 Å². The molecule has 0 radical (unpaired) electrons. The van der Waals surface area contributed by atoms with Crippen LogP contribution in [0.4, 0.5) is 0 Å². The van der Waals surface area contributed by atoms with Gasteiger partial charge in [-0.15, -0.1) is 0 Å². The number of aryl methyl sites for hydroxylation is 1. The summed E-state index contributed by atoms with van der Waals surface area (Å²) in [5.74, 6) is -0.746. The van der Waals surface area contributed by atoms with Gasteiger partial charge in [-0.05, 0) is 50.2 Å². The lowest BCUT2D eigenvalue weighted by atomic mass is 9.78. The van der Waals surface area contributed by atoms with Gasteiger partial charge in [-0.2, -0.15) is 0 Å². The van der Waals surface area contributed by atoms with Crippen LogP contribution in [0.15, 0.2) is 22.7 Å². The summed E-state index contributed by atoms with van der Waals surface area (Å²) in [7, 11) is 3.98. The maximum Gasteiger partial charge on any atom is 0.324 e. The number of nitrogens with zero attached hydrogens (tertiary/aromatic N) is 1. The van der Waals surface area contributed by atoms with Crippen molar-refractivity contribution in [2.24, 2.45) is 0 Å². The first-order chi connectivity index (χ1) is 9.43. The highest BCUT2D eigenvalue weighted by Crippen LogP contribution is 2.31. The zero-order chi connectivity index (χ0) is 14.8. The summed E-state index contributed by atoms with van der Waals surface area (Å²) >= 11 is 3.47.